The fraction of sp³-hybridized carbons (Fsp3) is 0.393. The van der Waals surface area contributed by atoms with E-state index in [1.54, 1.807) is 6.92 Å². The van der Waals surface area contributed by atoms with Crippen LogP contribution < -0.4 is 5.56 Å². The second-order valence-corrected chi connectivity index (χ2v) is 10.5. The van der Waals surface area contributed by atoms with Gasteiger partial charge in [-0.25, -0.2) is 8.78 Å². The molecule has 1 aliphatic heterocycles. The number of amides is 1. The third kappa shape index (κ3) is 4.59. The van der Waals surface area contributed by atoms with Gasteiger partial charge in [0, 0.05) is 50.3 Å². The topological polar surface area (TPSA) is 96.2 Å². The second-order valence-electron chi connectivity index (χ2n) is 10.5. The van der Waals surface area contributed by atoms with Gasteiger partial charge in [0.05, 0.1) is 18.1 Å². The summed E-state index contributed by atoms with van der Waals surface area (Å²) in [5.74, 6) is -3.09. The molecule has 0 radical (unpaired) electrons. The van der Waals surface area contributed by atoms with E-state index >= 15 is 0 Å². The van der Waals surface area contributed by atoms with Crippen LogP contribution in [0, 0.1) is 12.8 Å². The number of aromatic nitrogens is 5. The van der Waals surface area contributed by atoms with Crippen molar-refractivity contribution >= 4 is 11.6 Å². The summed E-state index contributed by atoms with van der Waals surface area (Å²) >= 11 is 0. The van der Waals surface area contributed by atoms with Crippen LogP contribution in [0.25, 0.3) is 28.3 Å². The Balaban J connectivity index is 1.41. The maximum absolute atomic E-state index is 13.6. The zero-order valence-electron chi connectivity index (χ0n) is 21.3. The van der Waals surface area contributed by atoms with Gasteiger partial charge in [0.15, 0.2) is 5.65 Å². The molecule has 1 aromatic carbocycles. The largest absolute Gasteiger partial charge is 0.339 e. The minimum atomic E-state index is -2.59. The van der Waals surface area contributed by atoms with Gasteiger partial charge in [-0.2, -0.15) is 9.61 Å². The number of nitrogens with zero attached hydrogens (tertiary/aromatic N) is 5. The van der Waals surface area contributed by atoms with Crippen LogP contribution in [0.5, 0.6) is 0 Å². The number of carbonyl (C=O) groups is 1. The summed E-state index contributed by atoms with van der Waals surface area (Å²) in [5.41, 5.74) is 3.27. The molecule has 1 N–H and O–H groups in total. The van der Waals surface area contributed by atoms with E-state index in [4.69, 9.17) is 0 Å². The number of hydrogen-bond acceptors (Lipinski definition) is 5. The number of H-pyrrole nitrogens is 1. The van der Waals surface area contributed by atoms with Gasteiger partial charge < -0.3 is 9.88 Å². The normalized spacial score (nSPS) is 17.9. The first kappa shape index (κ1) is 25.3. The minimum absolute atomic E-state index is 0.0710. The first-order valence-corrected chi connectivity index (χ1v) is 13.0. The van der Waals surface area contributed by atoms with Crippen LogP contribution in [0.3, 0.4) is 0 Å². The van der Waals surface area contributed by atoms with Gasteiger partial charge in [-0.05, 0) is 36.8 Å². The van der Waals surface area contributed by atoms with Crippen molar-refractivity contribution in [3.63, 3.8) is 0 Å². The molecule has 39 heavy (non-hydrogen) atoms. The van der Waals surface area contributed by atoms with E-state index in [1.807, 2.05) is 24.3 Å². The van der Waals surface area contributed by atoms with Crippen molar-refractivity contribution in [3.05, 3.63) is 69.9 Å². The van der Waals surface area contributed by atoms with Gasteiger partial charge >= 0.3 is 0 Å². The van der Waals surface area contributed by atoms with Crippen molar-refractivity contribution in [1.82, 2.24) is 29.5 Å². The first-order chi connectivity index (χ1) is 18.7. The Morgan fingerprint density at radius 2 is 1.77 bits per heavy atom. The highest BCUT2D eigenvalue weighted by atomic mass is 19.3. The molecular formula is C28H27F3N6O2. The molecule has 1 amide bonds. The molecule has 3 aromatic heterocycles. The summed E-state index contributed by atoms with van der Waals surface area (Å²) < 4.78 is 41.4. The molecule has 4 aromatic rings. The molecule has 8 nitrogen and oxygen atoms in total. The average Bonchev–Trinajstić information content (AvgIpc) is 3.28. The lowest BCUT2D eigenvalue weighted by Crippen LogP contribution is -2.50. The van der Waals surface area contributed by atoms with Crippen molar-refractivity contribution in [2.45, 2.75) is 44.4 Å². The van der Waals surface area contributed by atoms with Crippen LogP contribution in [0.1, 0.15) is 53.2 Å². The van der Waals surface area contributed by atoms with E-state index in [1.165, 1.54) is 23.4 Å². The van der Waals surface area contributed by atoms with Crippen molar-refractivity contribution in [2.24, 2.45) is 5.92 Å². The molecule has 0 bridgehead atoms. The summed E-state index contributed by atoms with van der Waals surface area (Å²) in [6, 6.07) is 8.90. The Kier molecular flexibility index (Phi) is 6.23. The summed E-state index contributed by atoms with van der Waals surface area (Å²) in [6.07, 6.45) is 3.66. The number of aryl methyl sites for hydroxylation is 1. The van der Waals surface area contributed by atoms with Gasteiger partial charge in [-0.1, -0.05) is 24.3 Å². The number of nitrogens with one attached hydrogen (secondary N) is 1. The molecule has 1 aliphatic carbocycles. The Morgan fingerprint density at radius 1 is 1.08 bits per heavy atom. The number of carbonyl (C=O) groups excluding carboxylic acids is 1. The molecule has 0 unspecified atom stereocenters. The van der Waals surface area contributed by atoms with Crippen molar-refractivity contribution in [2.75, 3.05) is 19.8 Å². The smallest absolute Gasteiger partial charge is 0.274 e. The number of fused-ring (bicyclic) bond motifs is 1. The van der Waals surface area contributed by atoms with Crippen molar-refractivity contribution in [1.29, 1.82) is 0 Å². The lowest BCUT2D eigenvalue weighted by Gasteiger charge is -2.37. The summed E-state index contributed by atoms with van der Waals surface area (Å²) in [7, 11) is 0. The van der Waals surface area contributed by atoms with Gasteiger partial charge in [0.2, 0.25) is 5.92 Å². The zero-order chi connectivity index (χ0) is 27.3. The van der Waals surface area contributed by atoms with Crippen molar-refractivity contribution in [3.8, 4) is 22.6 Å². The Bertz CT molecular complexity index is 1600. The van der Waals surface area contributed by atoms with E-state index in [2.05, 4.69) is 20.1 Å². The van der Waals surface area contributed by atoms with E-state index in [9.17, 15) is 22.8 Å². The highest BCUT2D eigenvalue weighted by Gasteiger charge is 2.36. The number of hydrogen-bond donors (Lipinski definition) is 1. The van der Waals surface area contributed by atoms with Crippen LogP contribution in [0.15, 0.2) is 47.5 Å². The average molecular weight is 537 g/mol. The zero-order valence-corrected chi connectivity index (χ0v) is 21.3. The SMILES string of the molecule is Cc1nccnc1-c1nn2c(=O)cc(-c3ccc(C4CCC(F)(F)CC4)cc3)[nH]c2c1C(=O)N1CC(CF)C1. The highest BCUT2D eigenvalue weighted by Crippen LogP contribution is 2.41. The minimum Gasteiger partial charge on any atom is -0.339 e. The fourth-order valence-corrected chi connectivity index (χ4v) is 5.50. The third-order valence-corrected chi connectivity index (χ3v) is 7.81. The van der Waals surface area contributed by atoms with E-state index in [0.717, 1.165) is 10.1 Å². The van der Waals surface area contributed by atoms with Crippen LogP contribution in [0.4, 0.5) is 13.2 Å². The summed E-state index contributed by atoms with van der Waals surface area (Å²) in [4.78, 5) is 40.2. The monoisotopic (exact) mass is 536 g/mol. The maximum atomic E-state index is 13.6. The van der Waals surface area contributed by atoms with E-state index < -0.39 is 18.2 Å². The fourth-order valence-electron chi connectivity index (χ4n) is 5.50. The van der Waals surface area contributed by atoms with Gasteiger partial charge in [-0.15, -0.1) is 0 Å². The standard InChI is InChI=1S/C28H27F3N6O2/c1-16-24(33-11-10-32-16)25-23(27(39)36-14-17(13-29)15-36)26-34-21(12-22(38)37(26)35-25)20-4-2-18(3-5-20)19-6-8-28(30,31)9-7-19/h2-5,10-12,17,19,34H,6-9,13-15H2,1H3. The number of aromatic amines is 1. The third-order valence-electron chi connectivity index (χ3n) is 7.81. The molecule has 1 saturated heterocycles. The van der Waals surface area contributed by atoms with E-state index in [0.29, 0.717) is 35.5 Å². The maximum Gasteiger partial charge on any atom is 0.274 e. The number of halogens is 3. The lowest BCUT2D eigenvalue weighted by atomic mass is 9.82. The summed E-state index contributed by atoms with van der Waals surface area (Å²) in [5, 5.41) is 4.45. The van der Waals surface area contributed by atoms with Crippen LogP contribution in [-0.2, 0) is 0 Å². The quantitative estimate of drug-likeness (QED) is 0.396. The predicted molar refractivity (Wildman–Crippen MR) is 139 cm³/mol. The molecule has 2 fully saturated rings. The Labute approximate surface area is 221 Å². The molecular weight excluding hydrogens is 509 g/mol. The number of alkyl halides is 3. The van der Waals surface area contributed by atoms with Crippen LogP contribution in [0.2, 0.25) is 0 Å². The predicted octanol–water partition coefficient (Wildman–Crippen LogP) is 4.79. The first-order valence-electron chi connectivity index (χ1n) is 13.0. The highest BCUT2D eigenvalue weighted by molar-refractivity contribution is 6.06. The Morgan fingerprint density at radius 3 is 2.44 bits per heavy atom. The van der Waals surface area contributed by atoms with Crippen molar-refractivity contribution < 1.29 is 18.0 Å². The second kappa shape index (κ2) is 9.62. The summed E-state index contributed by atoms with van der Waals surface area (Å²) in [6.45, 7) is 1.80. The number of rotatable bonds is 5. The molecule has 0 atom stereocenters. The molecule has 2 aliphatic rings. The van der Waals surface area contributed by atoms with Crippen LogP contribution >= 0.6 is 0 Å². The van der Waals surface area contributed by atoms with Gasteiger partial charge in [0.25, 0.3) is 11.5 Å². The molecule has 4 heterocycles. The van der Waals surface area contributed by atoms with Gasteiger partial charge in [-0.3, -0.25) is 23.9 Å². The molecule has 0 spiro atoms. The molecule has 202 valence electrons. The molecule has 1 saturated carbocycles. The van der Waals surface area contributed by atoms with Gasteiger partial charge in [0.1, 0.15) is 17.0 Å². The van der Waals surface area contributed by atoms with Crippen LogP contribution in [-0.4, -0.2) is 61.1 Å². The Hall–Kier alpha value is -4.02. The number of likely N-dealkylation sites (tertiary alicyclic amines) is 1. The lowest BCUT2D eigenvalue weighted by molar-refractivity contribution is -0.0382. The molecule has 11 heteroatoms. The van der Waals surface area contributed by atoms with E-state index in [-0.39, 0.29) is 60.6 Å². The molecule has 6 rings (SSSR count). The number of benzene rings is 1.